The lowest BCUT2D eigenvalue weighted by Crippen LogP contribution is -2.50. The van der Waals surface area contributed by atoms with Crippen LogP contribution in [0.5, 0.6) is 0 Å². The maximum absolute atomic E-state index is 13.4. The first-order valence-electron chi connectivity index (χ1n) is 9.41. The molecule has 2 atom stereocenters. The summed E-state index contributed by atoms with van der Waals surface area (Å²) in [6.07, 6.45) is 4.74. The van der Waals surface area contributed by atoms with Gasteiger partial charge in [0, 0.05) is 10.0 Å². The maximum Gasteiger partial charge on any atom is 0.274 e. The minimum Gasteiger partial charge on any atom is -0.272 e. The topological polar surface area (TPSA) is 57.7 Å². The van der Waals surface area contributed by atoms with Crippen molar-refractivity contribution in [1.82, 2.24) is 10.0 Å². The van der Waals surface area contributed by atoms with E-state index in [1.807, 2.05) is 12.2 Å². The highest BCUT2D eigenvalue weighted by atomic mass is 35.5. The van der Waals surface area contributed by atoms with E-state index < -0.39 is 17.7 Å². The van der Waals surface area contributed by atoms with Crippen molar-refractivity contribution < 1.29 is 14.4 Å². The van der Waals surface area contributed by atoms with Gasteiger partial charge >= 0.3 is 0 Å². The van der Waals surface area contributed by atoms with Gasteiger partial charge in [-0.15, -0.1) is 0 Å². The molecule has 2 aliphatic rings. The molecule has 3 amide bonds. The Balaban J connectivity index is 1.75. The number of fused-ring (bicyclic) bond motifs is 1. The molecule has 0 unspecified atom stereocenters. The molecular weight excluding hydrogens is 447 g/mol. The Morgan fingerprint density at radius 3 is 2.17 bits per heavy atom. The lowest BCUT2D eigenvalue weighted by molar-refractivity contribution is -0.155. The number of rotatable bonds is 4. The Morgan fingerprint density at radius 2 is 1.57 bits per heavy atom. The molecule has 0 aromatic heterocycles. The lowest BCUT2D eigenvalue weighted by atomic mass is 9.85. The molecule has 0 spiro atoms. The first-order valence-corrected chi connectivity index (χ1v) is 10.5. The Hall–Kier alpha value is -2.34. The van der Waals surface area contributed by atoms with Crippen molar-refractivity contribution in [3.05, 3.63) is 80.8 Å². The summed E-state index contributed by atoms with van der Waals surface area (Å²) in [5, 5.41) is 3.11. The molecule has 0 N–H and O–H groups in total. The van der Waals surface area contributed by atoms with Gasteiger partial charge in [-0.3, -0.25) is 14.4 Å². The zero-order valence-corrected chi connectivity index (χ0v) is 18.0. The van der Waals surface area contributed by atoms with Gasteiger partial charge in [0.2, 0.25) is 0 Å². The highest BCUT2D eigenvalue weighted by Gasteiger charge is 2.51. The van der Waals surface area contributed by atoms with Gasteiger partial charge in [-0.1, -0.05) is 65.2 Å². The zero-order chi connectivity index (χ0) is 21.4. The molecule has 1 aliphatic carbocycles. The summed E-state index contributed by atoms with van der Waals surface area (Å²) in [4.78, 5) is 39.7. The van der Waals surface area contributed by atoms with Crippen molar-refractivity contribution in [2.24, 2.45) is 11.8 Å². The van der Waals surface area contributed by atoms with Gasteiger partial charge in [-0.25, -0.2) is 5.01 Å². The van der Waals surface area contributed by atoms with E-state index in [2.05, 4.69) is 0 Å². The third-order valence-electron chi connectivity index (χ3n) is 5.40. The molecule has 0 bridgehead atoms. The van der Waals surface area contributed by atoms with Crippen molar-refractivity contribution in [2.45, 2.75) is 19.4 Å². The summed E-state index contributed by atoms with van der Waals surface area (Å²) >= 11 is 18.5. The standard InChI is InChI=1S/C22H17Cl3N2O3/c23-14-10-9-13(19(25)11-14)12-26(20(28)17-7-3-4-8-18(17)24)27-21(29)15-5-1-2-6-16(15)22(27)30/h1-4,7-11,15-16H,5-6,12H2/t15-,16-/m0/s1. The number of hydrogen-bond acceptors (Lipinski definition) is 3. The van der Waals surface area contributed by atoms with Gasteiger partial charge in [0.25, 0.3) is 17.7 Å². The Bertz CT molecular complexity index is 1040. The van der Waals surface area contributed by atoms with Gasteiger partial charge in [0.1, 0.15) is 0 Å². The molecule has 30 heavy (non-hydrogen) atoms. The molecule has 1 aliphatic heterocycles. The molecule has 1 heterocycles. The molecular formula is C22H17Cl3N2O3. The summed E-state index contributed by atoms with van der Waals surface area (Å²) < 4.78 is 0. The zero-order valence-electron chi connectivity index (χ0n) is 15.7. The second kappa shape index (κ2) is 8.42. The monoisotopic (exact) mass is 462 g/mol. The Kier molecular flexibility index (Phi) is 5.87. The summed E-state index contributed by atoms with van der Waals surface area (Å²) in [5.41, 5.74) is 0.743. The van der Waals surface area contributed by atoms with E-state index in [9.17, 15) is 14.4 Å². The fourth-order valence-corrected chi connectivity index (χ4v) is 4.52. The fourth-order valence-electron chi connectivity index (χ4n) is 3.84. The largest absolute Gasteiger partial charge is 0.274 e. The lowest BCUT2D eigenvalue weighted by Gasteiger charge is -2.31. The molecule has 8 heteroatoms. The van der Waals surface area contributed by atoms with Crippen LogP contribution in [-0.2, 0) is 16.1 Å². The van der Waals surface area contributed by atoms with Crippen LogP contribution in [0.4, 0.5) is 0 Å². The van der Waals surface area contributed by atoms with Crippen LogP contribution in [0.2, 0.25) is 15.1 Å². The molecule has 2 aromatic carbocycles. The van der Waals surface area contributed by atoms with E-state index in [0.717, 1.165) is 10.0 Å². The van der Waals surface area contributed by atoms with Crippen molar-refractivity contribution in [2.75, 3.05) is 0 Å². The first kappa shape index (κ1) is 20.9. The number of hydrogen-bond donors (Lipinski definition) is 0. The Labute approximate surface area is 188 Å². The van der Waals surface area contributed by atoms with Crippen LogP contribution in [0.3, 0.4) is 0 Å². The van der Waals surface area contributed by atoms with Gasteiger partial charge in [-0.05, 0) is 42.7 Å². The molecule has 1 fully saturated rings. The molecule has 2 aromatic rings. The number of benzene rings is 2. The van der Waals surface area contributed by atoms with Crippen molar-refractivity contribution in [3.63, 3.8) is 0 Å². The average Bonchev–Trinajstić information content (AvgIpc) is 2.98. The predicted octanol–water partition coefficient (Wildman–Crippen LogP) is 5.16. The second-order valence-electron chi connectivity index (χ2n) is 7.22. The summed E-state index contributed by atoms with van der Waals surface area (Å²) in [6.45, 7) is -0.0790. The van der Waals surface area contributed by atoms with Gasteiger partial charge in [0.15, 0.2) is 0 Å². The minimum atomic E-state index is -0.556. The van der Waals surface area contributed by atoms with Crippen LogP contribution in [0.15, 0.2) is 54.6 Å². The van der Waals surface area contributed by atoms with E-state index in [0.29, 0.717) is 28.5 Å². The fraction of sp³-hybridized carbons (Fsp3) is 0.227. The van der Waals surface area contributed by atoms with E-state index in [1.165, 1.54) is 0 Å². The van der Waals surface area contributed by atoms with E-state index in [1.54, 1.807) is 42.5 Å². The van der Waals surface area contributed by atoms with Gasteiger partial charge in [0.05, 0.1) is 29.0 Å². The predicted molar refractivity (Wildman–Crippen MR) is 115 cm³/mol. The molecule has 0 saturated carbocycles. The van der Waals surface area contributed by atoms with Crippen molar-refractivity contribution >= 4 is 52.5 Å². The average molecular weight is 464 g/mol. The third kappa shape index (κ3) is 3.73. The smallest absolute Gasteiger partial charge is 0.272 e. The number of allylic oxidation sites excluding steroid dienone is 2. The van der Waals surface area contributed by atoms with E-state index in [-0.39, 0.29) is 28.9 Å². The van der Waals surface area contributed by atoms with Gasteiger partial charge < -0.3 is 0 Å². The molecule has 154 valence electrons. The summed E-state index contributed by atoms with van der Waals surface area (Å²) in [6, 6.07) is 11.4. The maximum atomic E-state index is 13.4. The van der Waals surface area contributed by atoms with Crippen LogP contribution in [0.1, 0.15) is 28.8 Å². The first-order chi connectivity index (χ1) is 14.4. The van der Waals surface area contributed by atoms with Crippen LogP contribution >= 0.6 is 34.8 Å². The quantitative estimate of drug-likeness (QED) is 0.465. The van der Waals surface area contributed by atoms with Crippen molar-refractivity contribution in [3.8, 4) is 0 Å². The SMILES string of the molecule is O=C(c1ccccc1Cl)N(Cc1ccc(Cl)cc1Cl)N1C(=O)[C@H]2CC=CC[C@@H]2C1=O. The summed E-state index contributed by atoms with van der Waals surface area (Å²) in [5.74, 6) is -2.27. The third-order valence-corrected chi connectivity index (χ3v) is 6.32. The van der Waals surface area contributed by atoms with Gasteiger partial charge in [-0.2, -0.15) is 5.01 Å². The van der Waals surface area contributed by atoms with Crippen LogP contribution in [0.25, 0.3) is 0 Å². The number of imide groups is 1. The van der Waals surface area contributed by atoms with E-state index in [4.69, 9.17) is 34.8 Å². The number of carbonyl (C=O) groups excluding carboxylic acids is 3. The van der Waals surface area contributed by atoms with E-state index >= 15 is 0 Å². The highest BCUT2D eigenvalue weighted by Crippen LogP contribution is 2.37. The van der Waals surface area contributed by atoms with Crippen LogP contribution < -0.4 is 0 Å². The molecule has 0 radical (unpaired) electrons. The van der Waals surface area contributed by atoms with Crippen molar-refractivity contribution in [1.29, 1.82) is 0 Å². The highest BCUT2D eigenvalue weighted by molar-refractivity contribution is 6.35. The number of amides is 3. The number of carbonyl (C=O) groups is 3. The molecule has 5 nitrogen and oxygen atoms in total. The molecule has 1 saturated heterocycles. The Morgan fingerprint density at radius 1 is 0.933 bits per heavy atom. The number of nitrogens with zero attached hydrogens (tertiary/aromatic N) is 2. The normalized spacial score (nSPS) is 20.4. The number of hydrazine groups is 1. The number of halogens is 3. The molecule has 4 rings (SSSR count). The van der Waals surface area contributed by atoms with Crippen LogP contribution in [-0.4, -0.2) is 27.7 Å². The van der Waals surface area contributed by atoms with Crippen LogP contribution in [0, 0.1) is 11.8 Å². The second-order valence-corrected chi connectivity index (χ2v) is 8.47. The minimum absolute atomic E-state index is 0.0790. The summed E-state index contributed by atoms with van der Waals surface area (Å²) in [7, 11) is 0.